The highest BCUT2D eigenvalue weighted by Gasteiger charge is 2.30. The molecule has 15 nitrogen and oxygen atoms in total. The second-order valence-electron chi connectivity index (χ2n) is 6.30. The number of carboxylic acids is 4. The number of hydrogen-bond acceptors (Lipinski definition) is 8. The van der Waals surface area contributed by atoms with Crippen LogP contribution < -0.4 is 21.7 Å². The van der Waals surface area contributed by atoms with Gasteiger partial charge in [0.1, 0.15) is 18.6 Å². The molecule has 0 spiro atoms. The summed E-state index contributed by atoms with van der Waals surface area (Å²) in [5.41, 5.74) is 5.53. The third-order valence-corrected chi connectivity index (χ3v) is 3.71. The average molecular weight is 448 g/mol. The van der Waals surface area contributed by atoms with E-state index < -0.39 is 92.0 Å². The monoisotopic (exact) mass is 448 g/mol. The highest BCUT2D eigenvalue weighted by molar-refractivity contribution is 5.95. The minimum absolute atomic E-state index is 0.270. The van der Waals surface area contributed by atoms with Crippen LogP contribution in [0.25, 0.3) is 0 Å². The standard InChI is InChI=1S/C16H24N4O11/c17-7(1-3-10(21)22)14(29)19-8(2-4-11(23)24)16(31)20-9(5-12(25)26)15(30)18-6-13(27)28/h7-9H,1-6,17H2,(H,18,30)(H,19,29)(H,20,31)(H,21,22)(H,23,24)(H,25,26)(H,27,28)/t7-,8-,9-/m0/s1. The number of nitrogens with one attached hydrogen (secondary N) is 3. The smallest absolute Gasteiger partial charge is 0.322 e. The number of amides is 3. The number of rotatable bonds is 15. The molecule has 0 rings (SSSR count). The maximum atomic E-state index is 12.5. The van der Waals surface area contributed by atoms with E-state index in [0.29, 0.717) is 0 Å². The van der Waals surface area contributed by atoms with Crippen molar-refractivity contribution in [1.82, 2.24) is 16.0 Å². The van der Waals surface area contributed by atoms with Crippen molar-refractivity contribution in [3.05, 3.63) is 0 Å². The summed E-state index contributed by atoms with van der Waals surface area (Å²) in [5, 5.41) is 41.0. The van der Waals surface area contributed by atoms with E-state index in [9.17, 15) is 33.6 Å². The van der Waals surface area contributed by atoms with Gasteiger partial charge in [-0.05, 0) is 12.8 Å². The van der Waals surface area contributed by atoms with Crippen LogP contribution in [0, 0.1) is 0 Å². The molecule has 31 heavy (non-hydrogen) atoms. The van der Waals surface area contributed by atoms with Crippen LogP contribution in [0.1, 0.15) is 32.1 Å². The van der Waals surface area contributed by atoms with Crippen molar-refractivity contribution in [2.24, 2.45) is 5.73 Å². The number of hydrogen-bond donors (Lipinski definition) is 8. The first kappa shape index (κ1) is 27.2. The van der Waals surface area contributed by atoms with Crippen molar-refractivity contribution in [2.75, 3.05) is 6.54 Å². The fourth-order valence-electron chi connectivity index (χ4n) is 2.17. The molecule has 0 aromatic rings. The molecule has 15 heteroatoms. The molecule has 0 fully saturated rings. The lowest BCUT2D eigenvalue weighted by molar-refractivity contribution is -0.142. The third-order valence-electron chi connectivity index (χ3n) is 3.71. The molecule has 0 aliphatic heterocycles. The summed E-state index contributed by atoms with van der Waals surface area (Å²) < 4.78 is 0. The lowest BCUT2D eigenvalue weighted by Crippen LogP contribution is -2.56. The second-order valence-corrected chi connectivity index (χ2v) is 6.30. The summed E-state index contributed by atoms with van der Waals surface area (Å²) in [6, 6.07) is -4.58. The van der Waals surface area contributed by atoms with Crippen LogP contribution in [0.2, 0.25) is 0 Å². The molecule has 0 radical (unpaired) electrons. The first-order valence-electron chi connectivity index (χ1n) is 8.84. The van der Waals surface area contributed by atoms with Gasteiger partial charge in [0, 0.05) is 12.8 Å². The summed E-state index contributed by atoms with van der Waals surface area (Å²) in [7, 11) is 0. The first-order valence-corrected chi connectivity index (χ1v) is 8.84. The number of aliphatic carboxylic acids is 4. The summed E-state index contributed by atoms with van der Waals surface area (Å²) in [6.07, 6.45) is -2.67. The summed E-state index contributed by atoms with van der Waals surface area (Å²) in [6.45, 7) is -0.845. The minimum atomic E-state index is -1.71. The summed E-state index contributed by atoms with van der Waals surface area (Å²) >= 11 is 0. The molecule has 0 saturated carbocycles. The topological polar surface area (TPSA) is 263 Å². The van der Waals surface area contributed by atoms with Gasteiger partial charge < -0.3 is 42.1 Å². The lowest BCUT2D eigenvalue weighted by atomic mass is 10.1. The Morgan fingerprint density at radius 3 is 1.65 bits per heavy atom. The van der Waals surface area contributed by atoms with E-state index in [4.69, 9.17) is 26.2 Å². The van der Waals surface area contributed by atoms with Gasteiger partial charge in [-0.1, -0.05) is 0 Å². The largest absolute Gasteiger partial charge is 0.481 e. The van der Waals surface area contributed by atoms with Gasteiger partial charge in [-0.25, -0.2) is 0 Å². The van der Waals surface area contributed by atoms with Crippen LogP contribution in [0.5, 0.6) is 0 Å². The van der Waals surface area contributed by atoms with Gasteiger partial charge in [-0.15, -0.1) is 0 Å². The second kappa shape index (κ2) is 13.5. The van der Waals surface area contributed by atoms with Gasteiger partial charge in [0.15, 0.2) is 0 Å². The predicted molar refractivity (Wildman–Crippen MR) is 98.5 cm³/mol. The van der Waals surface area contributed by atoms with Crippen LogP contribution in [-0.4, -0.2) is 86.7 Å². The Kier molecular flexibility index (Phi) is 11.8. The maximum absolute atomic E-state index is 12.5. The van der Waals surface area contributed by atoms with Gasteiger partial charge in [0.25, 0.3) is 0 Å². The maximum Gasteiger partial charge on any atom is 0.322 e. The van der Waals surface area contributed by atoms with Crippen molar-refractivity contribution >= 4 is 41.6 Å². The zero-order valence-electron chi connectivity index (χ0n) is 16.2. The number of carbonyl (C=O) groups excluding carboxylic acids is 3. The van der Waals surface area contributed by atoms with Crippen LogP contribution >= 0.6 is 0 Å². The molecule has 3 amide bonds. The quantitative estimate of drug-likeness (QED) is 0.122. The molecule has 174 valence electrons. The zero-order valence-corrected chi connectivity index (χ0v) is 16.2. The lowest BCUT2D eigenvalue weighted by Gasteiger charge is -2.23. The van der Waals surface area contributed by atoms with Gasteiger partial charge >= 0.3 is 23.9 Å². The van der Waals surface area contributed by atoms with Crippen molar-refractivity contribution in [2.45, 2.75) is 50.2 Å². The van der Waals surface area contributed by atoms with Crippen molar-refractivity contribution in [3.63, 3.8) is 0 Å². The van der Waals surface area contributed by atoms with Gasteiger partial charge in [-0.2, -0.15) is 0 Å². The molecule has 0 heterocycles. The molecule has 9 N–H and O–H groups in total. The normalized spacial score (nSPS) is 13.2. The Labute approximate surface area is 175 Å². The van der Waals surface area contributed by atoms with Gasteiger partial charge in [-0.3, -0.25) is 33.6 Å². The van der Waals surface area contributed by atoms with Crippen molar-refractivity contribution in [3.8, 4) is 0 Å². The average Bonchev–Trinajstić information content (AvgIpc) is 2.65. The van der Waals surface area contributed by atoms with E-state index >= 15 is 0 Å². The highest BCUT2D eigenvalue weighted by atomic mass is 16.4. The number of carbonyl (C=O) groups is 7. The summed E-state index contributed by atoms with van der Waals surface area (Å²) in [5.74, 6) is -8.66. The Balaban J connectivity index is 5.31. The van der Waals surface area contributed by atoms with Crippen LogP contribution in [-0.2, 0) is 33.6 Å². The fraction of sp³-hybridized carbons (Fsp3) is 0.562. The van der Waals surface area contributed by atoms with E-state index in [1.807, 2.05) is 10.6 Å². The molecule has 0 aliphatic carbocycles. The molecule has 0 bridgehead atoms. The van der Waals surface area contributed by atoms with Crippen LogP contribution in [0.4, 0.5) is 0 Å². The highest BCUT2D eigenvalue weighted by Crippen LogP contribution is 2.03. The molecule has 0 saturated heterocycles. The Hall–Kier alpha value is -3.75. The Morgan fingerprint density at radius 1 is 0.645 bits per heavy atom. The van der Waals surface area contributed by atoms with E-state index in [2.05, 4.69) is 5.32 Å². The van der Waals surface area contributed by atoms with Crippen molar-refractivity contribution in [1.29, 1.82) is 0 Å². The van der Waals surface area contributed by atoms with Crippen LogP contribution in [0.15, 0.2) is 0 Å². The van der Waals surface area contributed by atoms with Crippen LogP contribution in [0.3, 0.4) is 0 Å². The zero-order chi connectivity index (χ0) is 24.1. The van der Waals surface area contributed by atoms with E-state index in [1.54, 1.807) is 0 Å². The molecule has 0 aliphatic rings. The molecule has 0 aromatic carbocycles. The van der Waals surface area contributed by atoms with E-state index in [-0.39, 0.29) is 6.42 Å². The number of carboxylic acid groups (broad SMARTS) is 4. The first-order chi connectivity index (χ1) is 14.3. The molecular formula is C16H24N4O11. The molecular weight excluding hydrogens is 424 g/mol. The van der Waals surface area contributed by atoms with Gasteiger partial charge in [0.05, 0.1) is 12.5 Å². The third kappa shape index (κ3) is 12.4. The summed E-state index contributed by atoms with van der Waals surface area (Å²) in [4.78, 5) is 79.4. The molecule has 0 aromatic heterocycles. The van der Waals surface area contributed by atoms with Crippen molar-refractivity contribution < 1.29 is 54.0 Å². The predicted octanol–water partition coefficient (Wildman–Crippen LogP) is -3.31. The Bertz CT molecular complexity index is 724. The fourth-order valence-corrected chi connectivity index (χ4v) is 2.17. The number of nitrogens with two attached hydrogens (primary N) is 1. The SMILES string of the molecule is N[C@@H](CCC(=O)O)C(=O)N[C@@H](CCC(=O)O)C(=O)N[C@@H](CC(=O)O)C(=O)NCC(=O)O. The Morgan fingerprint density at radius 2 is 1.16 bits per heavy atom. The minimum Gasteiger partial charge on any atom is -0.481 e. The van der Waals surface area contributed by atoms with Gasteiger partial charge in [0.2, 0.25) is 17.7 Å². The van der Waals surface area contributed by atoms with E-state index in [0.717, 1.165) is 0 Å². The van der Waals surface area contributed by atoms with E-state index in [1.165, 1.54) is 0 Å². The molecule has 0 unspecified atom stereocenters. The molecule has 3 atom stereocenters.